The van der Waals surface area contributed by atoms with Crippen LogP contribution in [0.2, 0.25) is 0 Å². The molecule has 0 saturated carbocycles. The highest BCUT2D eigenvalue weighted by molar-refractivity contribution is 7.99. The quantitative estimate of drug-likeness (QED) is 0.927. The molecule has 1 aliphatic rings. The van der Waals surface area contributed by atoms with Crippen molar-refractivity contribution in [3.63, 3.8) is 0 Å². The number of aliphatic carboxylic acids is 1. The van der Waals surface area contributed by atoms with Crippen molar-refractivity contribution in [2.24, 2.45) is 0 Å². The molecule has 3 rings (SSSR count). The van der Waals surface area contributed by atoms with Gasteiger partial charge in [-0.05, 0) is 18.2 Å². The summed E-state index contributed by atoms with van der Waals surface area (Å²) in [5.74, 6) is 0.467. The Labute approximate surface area is 131 Å². The Morgan fingerprint density at radius 3 is 2.82 bits per heavy atom. The van der Waals surface area contributed by atoms with E-state index in [0.29, 0.717) is 23.4 Å². The summed E-state index contributed by atoms with van der Waals surface area (Å²) in [7, 11) is 0. The van der Waals surface area contributed by atoms with E-state index in [9.17, 15) is 9.59 Å². The van der Waals surface area contributed by atoms with Gasteiger partial charge in [-0.15, -0.1) is 0 Å². The van der Waals surface area contributed by atoms with Gasteiger partial charge in [-0.2, -0.15) is 11.8 Å². The van der Waals surface area contributed by atoms with E-state index in [1.807, 2.05) is 0 Å². The first-order valence-corrected chi connectivity index (χ1v) is 8.12. The number of aromatic nitrogens is 2. The van der Waals surface area contributed by atoms with E-state index < -0.39 is 5.97 Å². The van der Waals surface area contributed by atoms with Crippen molar-refractivity contribution in [1.82, 2.24) is 14.9 Å². The molecule has 1 N–H and O–H groups in total. The molecule has 1 aromatic heterocycles. The number of thioether (sulfide) groups is 1. The molecule has 1 aliphatic heterocycles. The van der Waals surface area contributed by atoms with E-state index in [-0.39, 0.29) is 18.4 Å². The zero-order valence-corrected chi connectivity index (χ0v) is 12.6. The minimum absolute atomic E-state index is 0.0217. The summed E-state index contributed by atoms with van der Waals surface area (Å²) < 4.78 is 0. The Bertz CT molecular complexity index is 722. The molecular formula is C15H15N3O3S. The van der Waals surface area contributed by atoms with Crippen molar-refractivity contribution >= 4 is 34.7 Å². The minimum Gasteiger partial charge on any atom is -0.481 e. The number of carbonyl (C=O) groups excluding carboxylic acids is 1. The number of fused-ring (bicyclic) bond motifs is 1. The van der Waals surface area contributed by atoms with E-state index >= 15 is 0 Å². The SMILES string of the molecule is O=C(O)CC1CSCCN1C(=O)c1ccc2nccnc2c1. The third-order valence-electron chi connectivity index (χ3n) is 3.61. The largest absolute Gasteiger partial charge is 0.481 e. The Hall–Kier alpha value is -2.15. The van der Waals surface area contributed by atoms with Gasteiger partial charge in [0, 0.05) is 36.0 Å². The van der Waals surface area contributed by atoms with E-state index in [2.05, 4.69) is 9.97 Å². The van der Waals surface area contributed by atoms with E-state index in [1.165, 1.54) is 0 Å². The fourth-order valence-corrected chi connectivity index (χ4v) is 3.62. The molecule has 1 fully saturated rings. The number of carbonyl (C=O) groups is 2. The molecule has 2 heterocycles. The van der Waals surface area contributed by atoms with Gasteiger partial charge in [0.25, 0.3) is 5.91 Å². The number of carboxylic acids is 1. The average molecular weight is 317 g/mol. The molecule has 7 heteroatoms. The van der Waals surface area contributed by atoms with Crippen LogP contribution >= 0.6 is 11.8 Å². The fraction of sp³-hybridized carbons (Fsp3) is 0.333. The zero-order valence-electron chi connectivity index (χ0n) is 11.8. The second-order valence-electron chi connectivity index (χ2n) is 5.08. The predicted octanol–water partition coefficient (Wildman–Crippen LogP) is 1.66. The lowest BCUT2D eigenvalue weighted by molar-refractivity contribution is -0.138. The Morgan fingerprint density at radius 1 is 1.27 bits per heavy atom. The number of nitrogens with zero attached hydrogens (tertiary/aromatic N) is 3. The van der Waals surface area contributed by atoms with Gasteiger partial charge in [0.1, 0.15) is 0 Å². The molecule has 0 aliphatic carbocycles. The number of hydrogen-bond donors (Lipinski definition) is 1. The Kier molecular flexibility index (Phi) is 4.24. The summed E-state index contributed by atoms with van der Waals surface area (Å²) in [6.07, 6.45) is 3.17. The van der Waals surface area contributed by atoms with Crippen molar-refractivity contribution in [2.45, 2.75) is 12.5 Å². The summed E-state index contributed by atoms with van der Waals surface area (Å²) in [6, 6.07) is 4.94. The third kappa shape index (κ3) is 3.04. The molecule has 2 aromatic rings. The molecule has 6 nitrogen and oxygen atoms in total. The molecule has 0 spiro atoms. The van der Waals surface area contributed by atoms with Crippen molar-refractivity contribution in [1.29, 1.82) is 0 Å². The lowest BCUT2D eigenvalue weighted by atomic mass is 10.1. The minimum atomic E-state index is -0.880. The summed E-state index contributed by atoms with van der Waals surface area (Å²) in [4.78, 5) is 33.7. The maximum atomic E-state index is 12.7. The molecule has 114 valence electrons. The van der Waals surface area contributed by atoms with Gasteiger partial charge in [0.05, 0.1) is 23.5 Å². The van der Waals surface area contributed by atoms with Gasteiger partial charge in [-0.3, -0.25) is 19.6 Å². The predicted molar refractivity (Wildman–Crippen MR) is 83.9 cm³/mol. The first kappa shape index (κ1) is 14.8. The molecule has 1 atom stereocenters. The number of benzene rings is 1. The van der Waals surface area contributed by atoms with Gasteiger partial charge < -0.3 is 10.0 Å². The van der Waals surface area contributed by atoms with Crippen molar-refractivity contribution in [3.8, 4) is 0 Å². The van der Waals surface area contributed by atoms with Crippen LogP contribution in [0.1, 0.15) is 16.8 Å². The standard InChI is InChI=1S/C15H15N3O3S/c19-14(20)8-11-9-22-6-5-18(11)15(21)10-1-2-12-13(7-10)17-4-3-16-12/h1-4,7,11H,5-6,8-9H2,(H,19,20). The van der Waals surface area contributed by atoms with Crippen LogP contribution in [-0.2, 0) is 4.79 Å². The van der Waals surface area contributed by atoms with Crippen LogP contribution in [-0.4, -0.2) is 55.9 Å². The summed E-state index contributed by atoms with van der Waals surface area (Å²) in [5.41, 5.74) is 1.92. The number of carboxylic acid groups (broad SMARTS) is 1. The van der Waals surface area contributed by atoms with Gasteiger partial charge in [0.15, 0.2) is 0 Å². The van der Waals surface area contributed by atoms with Crippen LogP contribution < -0.4 is 0 Å². The van der Waals surface area contributed by atoms with Crippen molar-refractivity contribution in [2.75, 3.05) is 18.1 Å². The number of hydrogen-bond acceptors (Lipinski definition) is 5. The molecule has 1 amide bonds. The van der Waals surface area contributed by atoms with Crippen molar-refractivity contribution in [3.05, 3.63) is 36.2 Å². The van der Waals surface area contributed by atoms with Crippen molar-refractivity contribution < 1.29 is 14.7 Å². The highest BCUT2D eigenvalue weighted by atomic mass is 32.2. The first-order chi connectivity index (χ1) is 10.6. The molecule has 1 unspecified atom stereocenters. The van der Waals surface area contributed by atoms with E-state index in [0.717, 1.165) is 11.3 Å². The van der Waals surface area contributed by atoms with Gasteiger partial charge in [-0.25, -0.2) is 0 Å². The summed E-state index contributed by atoms with van der Waals surface area (Å²) in [6.45, 7) is 0.569. The van der Waals surface area contributed by atoms with Crippen LogP contribution in [0.5, 0.6) is 0 Å². The van der Waals surface area contributed by atoms with Gasteiger partial charge in [-0.1, -0.05) is 0 Å². The average Bonchev–Trinajstić information content (AvgIpc) is 2.54. The van der Waals surface area contributed by atoms with Crippen LogP contribution in [0.4, 0.5) is 0 Å². The molecule has 22 heavy (non-hydrogen) atoms. The van der Waals surface area contributed by atoms with Crippen LogP contribution in [0.25, 0.3) is 11.0 Å². The third-order valence-corrected chi connectivity index (χ3v) is 4.71. The zero-order chi connectivity index (χ0) is 15.5. The lowest BCUT2D eigenvalue weighted by Gasteiger charge is -2.34. The molecule has 1 saturated heterocycles. The topological polar surface area (TPSA) is 83.4 Å². The highest BCUT2D eigenvalue weighted by Crippen LogP contribution is 2.22. The summed E-state index contributed by atoms with van der Waals surface area (Å²) >= 11 is 1.68. The number of amides is 1. The Balaban J connectivity index is 1.87. The highest BCUT2D eigenvalue weighted by Gasteiger charge is 2.29. The van der Waals surface area contributed by atoms with E-state index in [1.54, 1.807) is 47.3 Å². The molecule has 1 aromatic carbocycles. The second-order valence-corrected chi connectivity index (χ2v) is 6.23. The molecule has 0 bridgehead atoms. The molecular weight excluding hydrogens is 302 g/mol. The summed E-state index contributed by atoms with van der Waals surface area (Å²) in [5, 5.41) is 9.01. The first-order valence-electron chi connectivity index (χ1n) is 6.96. The second kappa shape index (κ2) is 6.31. The number of rotatable bonds is 3. The fourth-order valence-electron chi connectivity index (χ4n) is 2.56. The van der Waals surface area contributed by atoms with E-state index in [4.69, 9.17) is 5.11 Å². The smallest absolute Gasteiger partial charge is 0.305 e. The van der Waals surface area contributed by atoms with Gasteiger partial charge in [0.2, 0.25) is 0 Å². The Morgan fingerprint density at radius 2 is 2.05 bits per heavy atom. The van der Waals surface area contributed by atoms with Crippen LogP contribution in [0, 0.1) is 0 Å². The van der Waals surface area contributed by atoms with Gasteiger partial charge >= 0.3 is 5.97 Å². The lowest BCUT2D eigenvalue weighted by Crippen LogP contribution is -2.47. The normalized spacial score (nSPS) is 18.4. The monoisotopic (exact) mass is 317 g/mol. The van der Waals surface area contributed by atoms with Crippen LogP contribution in [0.15, 0.2) is 30.6 Å². The molecule has 0 radical (unpaired) electrons. The maximum absolute atomic E-state index is 12.7. The van der Waals surface area contributed by atoms with Crippen LogP contribution in [0.3, 0.4) is 0 Å². The maximum Gasteiger partial charge on any atom is 0.305 e.